The first kappa shape index (κ1) is 13.4. The van der Waals surface area contributed by atoms with Crippen molar-refractivity contribution in [1.82, 2.24) is 0 Å². The maximum Gasteiger partial charge on any atom is 0.227 e. The van der Waals surface area contributed by atoms with E-state index in [1.54, 1.807) is 18.2 Å². The van der Waals surface area contributed by atoms with Crippen LogP contribution in [0.4, 0.5) is 5.69 Å². The van der Waals surface area contributed by atoms with Crippen molar-refractivity contribution in [3.05, 3.63) is 54.0 Å². The van der Waals surface area contributed by atoms with Crippen molar-refractivity contribution in [2.24, 2.45) is 5.73 Å². The van der Waals surface area contributed by atoms with E-state index in [1.807, 2.05) is 36.4 Å². The Morgan fingerprint density at radius 1 is 1.26 bits per heavy atom. The van der Waals surface area contributed by atoms with Crippen molar-refractivity contribution in [3.8, 4) is 0 Å². The number of amides is 1. The molecule has 0 unspecified atom stereocenters. The largest absolute Gasteiger partial charge is 0.469 e. The van der Waals surface area contributed by atoms with Crippen LogP contribution in [0.1, 0.15) is 17.7 Å². The molecule has 0 fully saturated rings. The van der Waals surface area contributed by atoms with E-state index in [1.165, 1.54) is 0 Å². The molecule has 1 aromatic heterocycles. The second-order valence-electron chi connectivity index (χ2n) is 4.40. The van der Waals surface area contributed by atoms with Crippen molar-refractivity contribution in [3.63, 3.8) is 0 Å². The SMILES string of the molecule is CN(C(=O)CCc1ccco1)c1ccc(CN)cc1. The van der Waals surface area contributed by atoms with Gasteiger partial charge in [0.1, 0.15) is 5.76 Å². The van der Waals surface area contributed by atoms with Gasteiger partial charge in [0, 0.05) is 32.1 Å². The minimum Gasteiger partial charge on any atom is -0.469 e. The molecule has 2 N–H and O–H groups in total. The average Bonchev–Trinajstić information content (AvgIpc) is 2.97. The molecule has 2 rings (SSSR count). The Morgan fingerprint density at radius 3 is 2.58 bits per heavy atom. The number of nitrogens with two attached hydrogens (primary N) is 1. The van der Waals surface area contributed by atoms with Gasteiger partial charge in [-0.05, 0) is 29.8 Å². The number of carbonyl (C=O) groups is 1. The Hall–Kier alpha value is -2.07. The molecule has 19 heavy (non-hydrogen) atoms. The first-order valence-electron chi connectivity index (χ1n) is 6.28. The van der Waals surface area contributed by atoms with Gasteiger partial charge < -0.3 is 15.1 Å². The summed E-state index contributed by atoms with van der Waals surface area (Å²) in [6, 6.07) is 11.4. The van der Waals surface area contributed by atoms with Crippen LogP contribution in [-0.4, -0.2) is 13.0 Å². The predicted molar refractivity (Wildman–Crippen MR) is 74.8 cm³/mol. The number of aryl methyl sites for hydroxylation is 1. The lowest BCUT2D eigenvalue weighted by molar-refractivity contribution is -0.118. The zero-order chi connectivity index (χ0) is 13.7. The molecule has 0 saturated carbocycles. The highest BCUT2D eigenvalue weighted by atomic mass is 16.3. The fourth-order valence-electron chi connectivity index (χ4n) is 1.85. The van der Waals surface area contributed by atoms with Gasteiger partial charge in [-0.1, -0.05) is 12.1 Å². The summed E-state index contributed by atoms with van der Waals surface area (Å²) < 4.78 is 5.21. The Morgan fingerprint density at radius 2 is 2.00 bits per heavy atom. The number of furan rings is 1. The molecule has 4 nitrogen and oxygen atoms in total. The standard InChI is InChI=1S/C15H18N2O2/c1-17(13-6-4-12(11-16)5-7-13)15(18)9-8-14-3-2-10-19-14/h2-7,10H,8-9,11,16H2,1H3. The fraction of sp³-hybridized carbons (Fsp3) is 0.267. The van der Waals surface area contributed by atoms with E-state index in [4.69, 9.17) is 10.2 Å². The van der Waals surface area contributed by atoms with Gasteiger partial charge in [-0.15, -0.1) is 0 Å². The summed E-state index contributed by atoms with van der Waals surface area (Å²) in [4.78, 5) is 13.7. The highest BCUT2D eigenvalue weighted by Crippen LogP contribution is 2.15. The number of hydrogen-bond donors (Lipinski definition) is 1. The van der Waals surface area contributed by atoms with Crippen LogP contribution in [0, 0.1) is 0 Å². The predicted octanol–water partition coefficient (Wildman–Crippen LogP) is 2.33. The molecule has 0 radical (unpaired) electrons. The van der Waals surface area contributed by atoms with Crippen LogP contribution in [0.15, 0.2) is 47.1 Å². The lowest BCUT2D eigenvalue weighted by Crippen LogP contribution is -2.26. The third-order valence-electron chi connectivity index (χ3n) is 3.10. The van der Waals surface area contributed by atoms with Gasteiger partial charge in [0.15, 0.2) is 0 Å². The maximum atomic E-state index is 12.1. The smallest absolute Gasteiger partial charge is 0.227 e. The molecule has 0 aliphatic carbocycles. The topological polar surface area (TPSA) is 59.5 Å². The third-order valence-corrected chi connectivity index (χ3v) is 3.10. The van der Waals surface area contributed by atoms with Crippen LogP contribution in [0.3, 0.4) is 0 Å². The van der Waals surface area contributed by atoms with Crippen LogP contribution < -0.4 is 10.6 Å². The second kappa shape index (κ2) is 6.20. The van der Waals surface area contributed by atoms with E-state index < -0.39 is 0 Å². The Bertz CT molecular complexity index is 518. The third kappa shape index (κ3) is 3.45. The summed E-state index contributed by atoms with van der Waals surface area (Å²) >= 11 is 0. The Kier molecular flexibility index (Phi) is 4.36. The number of rotatable bonds is 5. The Balaban J connectivity index is 1.94. The average molecular weight is 258 g/mol. The van der Waals surface area contributed by atoms with Gasteiger partial charge in [-0.25, -0.2) is 0 Å². The van der Waals surface area contributed by atoms with Gasteiger partial charge in [0.05, 0.1) is 6.26 Å². The quantitative estimate of drug-likeness (QED) is 0.895. The van der Waals surface area contributed by atoms with Crippen molar-refractivity contribution >= 4 is 11.6 Å². The van der Waals surface area contributed by atoms with Crippen molar-refractivity contribution in [1.29, 1.82) is 0 Å². The maximum absolute atomic E-state index is 12.1. The molecule has 0 aliphatic heterocycles. The first-order valence-corrected chi connectivity index (χ1v) is 6.28. The number of anilines is 1. The summed E-state index contributed by atoms with van der Waals surface area (Å²) in [6.07, 6.45) is 2.68. The van der Waals surface area contributed by atoms with Crippen LogP contribution in [-0.2, 0) is 17.8 Å². The molecule has 0 spiro atoms. The monoisotopic (exact) mass is 258 g/mol. The van der Waals surface area contributed by atoms with Gasteiger partial charge in [0.2, 0.25) is 5.91 Å². The lowest BCUT2D eigenvalue weighted by atomic mass is 10.2. The molecule has 0 aliphatic rings. The highest BCUT2D eigenvalue weighted by molar-refractivity contribution is 5.92. The molecule has 1 heterocycles. The minimum atomic E-state index is 0.0666. The molecule has 4 heteroatoms. The second-order valence-corrected chi connectivity index (χ2v) is 4.40. The molecule has 2 aromatic rings. The number of nitrogens with zero attached hydrogens (tertiary/aromatic N) is 1. The van der Waals surface area contributed by atoms with Gasteiger partial charge in [-0.2, -0.15) is 0 Å². The molecular formula is C15H18N2O2. The van der Waals surface area contributed by atoms with E-state index in [9.17, 15) is 4.79 Å². The highest BCUT2D eigenvalue weighted by Gasteiger charge is 2.11. The molecule has 0 bridgehead atoms. The lowest BCUT2D eigenvalue weighted by Gasteiger charge is -2.17. The summed E-state index contributed by atoms with van der Waals surface area (Å²) in [7, 11) is 1.78. The van der Waals surface area contributed by atoms with E-state index in [2.05, 4.69) is 0 Å². The minimum absolute atomic E-state index is 0.0666. The summed E-state index contributed by atoms with van der Waals surface area (Å²) in [6.45, 7) is 0.510. The first-order chi connectivity index (χ1) is 9.20. The molecule has 1 aromatic carbocycles. The zero-order valence-electron chi connectivity index (χ0n) is 11.0. The molecular weight excluding hydrogens is 240 g/mol. The van der Waals surface area contributed by atoms with Crippen LogP contribution in [0.25, 0.3) is 0 Å². The summed E-state index contributed by atoms with van der Waals surface area (Å²) in [5, 5.41) is 0. The zero-order valence-corrected chi connectivity index (χ0v) is 11.0. The summed E-state index contributed by atoms with van der Waals surface area (Å²) in [5.41, 5.74) is 7.48. The number of carbonyl (C=O) groups excluding carboxylic acids is 1. The number of benzene rings is 1. The van der Waals surface area contributed by atoms with Crippen molar-refractivity contribution in [2.75, 3.05) is 11.9 Å². The fourth-order valence-corrected chi connectivity index (χ4v) is 1.85. The summed E-state index contributed by atoms with van der Waals surface area (Å²) in [5.74, 6) is 0.900. The molecule has 0 saturated heterocycles. The van der Waals surface area contributed by atoms with Crippen molar-refractivity contribution in [2.45, 2.75) is 19.4 Å². The van der Waals surface area contributed by atoms with Gasteiger partial charge in [-0.3, -0.25) is 4.79 Å². The van der Waals surface area contributed by atoms with E-state index in [0.717, 1.165) is 17.0 Å². The van der Waals surface area contributed by atoms with Crippen LogP contribution in [0.5, 0.6) is 0 Å². The molecule has 100 valence electrons. The van der Waals surface area contributed by atoms with Crippen LogP contribution in [0.2, 0.25) is 0 Å². The van der Waals surface area contributed by atoms with E-state index >= 15 is 0 Å². The van der Waals surface area contributed by atoms with E-state index in [0.29, 0.717) is 19.4 Å². The Labute approximate surface area is 112 Å². The molecule has 0 atom stereocenters. The van der Waals surface area contributed by atoms with Gasteiger partial charge in [0.25, 0.3) is 0 Å². The van der Waals surface area contributed by atoms with Crippen molar-refractivity contribution < 1.29 is 9.21 Å². The normalized spacial score (nSPS) is 10.4. The number of hydrogen-bond acceptors (Lipinski definition) is 3. The molecule has 1 amide bonds. The van der Waals surface area contributed by atoms with Gasteiger partial charge >= 0.3 is 0 Å². The van der Waals surface area contributed by atoms with E-state index in [-0.39, 0.29) is 5.91 Å². The van der Waals surface area contributed by atoms with Crippen LogP contribution >= 0.6 is 0 Å².